The summed E-state index contributed by atoms with van der Waals surface area (Å²) in [5.74, 6) is 1.75. The molecule has 1 N–H and O–H groups in total. The Morgan fingerprint density at radius 2 is 1.96 bits per heavy atom. The summed E-state index contributed by atoms with van der Waals surface area (Å²) in [5.41, 5.74) is 1.09. The van der Waals surface area contributed by atoms with E-state index in [1.54, 1.807) is 24.3 Å². The Bertz CT molecular complexity index is 773. The first kappa shape index (κ1) is 14.5. The Morgan fingerprint density at radius 1 is 1.13 bits per heavy atom. The molecule has 0 radical (unpaired) electrons. The lowest BCUT2D eigenvalue weighted by Gasteiger charge is -2.28. The Labute approximate surface area is 141 Å². The fourth-order valence-electron chi connectivity index (χ4n) is 2.50. The van der Waals surface area contributed by atoms with Crippen LogP contribution in [0.15, 0.2) is 40.9 Å². The molecule has 4 rings (SSSR count). The zero-order valence-electron chi connectivity index (χ0n) is 12.2. The summed E-state index contributed by atoms with van der Waals surface area (Å²) in [6.07, 6.45) is 0.104. The molecule has 2 aromatic rings. The molecule has 0 bridgehead atoms. The number of benzene rings is 2. The molecular weight excluding hydrogens is 362 g/mol. The molecule has 1 saturated heterocycles. The lowest BCUT2D eigenvalue weighted by molar-refractivity contribution is 0.102. The van der Waals surface area contributed by atoms with E-state index in [-0.39, 0.29) is 18.7 Å². The predicted octanol–water partition coefficient (Wildman–Crippen LogP) is 2.76. The van der Waals surface area contributed by atoms with Gasteiger partial charge in [0.25, 0.3) is 0 Å². The minimum Gasteiger partial charge on any atom is -0.487 e. The van der Waals surface area contributed by atoms with Gasteiger partial charge in [0.1, 0.15) is 11.9 Å². The number of halogens is 1. The lowest BCUT2D eigenvalue weighted by Crippen LogP contribution is -2.50. The van der Waals surface area contributed by atoms with Gasteiger partial charge in [-0.1, -0.05) is 15.9 Å². The van der Waals surface area contributed by atoms with Crippen molar-refractivity contribution in [2.75, 3.05) is 19.9 Å². The molecule has 5 nitrogen and oxygen atoms in total. The van der Waals surface area contributed by atoms with E-state index in [2.05, 4.69) is 21.2 Å². The normalized spacial score (nSPS) is 16.0. The summed E-state index contributed by atoms with van der Waals surface area (Å²) in [5, 5.41) is 3.15. The van der Waals surface area contributed by atoms with Crippen molar-refractivity contribution in [3.63, 3.8) is 0 Å². The van der Waals surface area contributed by atoms with E-state index < -0.39 is 0 Å². The van der Waals surface area contributed by atoms with Crippen LogP contribution >= 0.6 is 15.9 Å². The molecule has 118 valence electrons. The third-order valence-electron chi connectivity index (χ3n) is 3.86. The standard InChI is InChI=1S/C17H14BrNO4/c18-11-2-3-13(15(6-11)23-12-7-19-8-12)17(20)10-1-4-14-16(5-10)22-9-21-14/h1-6,12,19H,7-9H2. The van der Waals surface area contributed by atoms with Crippen molar-refractivity contribution in [3.05, 3.63) is 52.0 Å². The predicted molar refractivity (Wildman–Crippen MR) is 87.4 cm³/mol. The SMILES string of the molecule is O=C(c1ccc2c(c1)OCO2)c1ccc(Br)cc1OC1CNC1. The highest BCUT2D eigenvalue weighted by Gasteiger charge is 2.23. The first-order valence-electron chi connectivity index (χ1n) is 7.32. The average molecular weight is 376 g/mol. The molecule has 0 saturated carbocycles. The first-order valence-corrected chi connectivity index (χ1v) is 8.11. The molecule has 0 aliphatic carbocycles. The van der Waals surface area contributed by atoms with Crippen molar-refractivity contribution >= 4 is 21.7 Å². The van der Waals surface area contributed by atoms with Crippen LogP contribution in [-0.4, -0.2) is 31.8 Å². The largest absolute Gasteiger partial charge is 0.487 e. The number of carbonyl (C=O) groups excluding carboxylic acids is 1. The molecule has 2 aromatic carbocycles. The molecule has 2 heterocycles. The molecule has 2 aliphatic heterocycles. The van der Waals surface area contributed by atoms with Gasteiger partial charge < -0.3 is 19.5 Å². The third-order valence-corrected chi connectivity index (χ3v) is 4.35. The smallest absolute Gasteiger partial charge is 0.231 e. The highest BCUT2D eigenvalue weighted by Crippen LogP contribution is 2.34. The quantitative estimate of drug-likeness (QED) is 0.832. The molecule has 2 aliphatic rings. The molecule has 0 aromatic heterocycles. The zero-order valence-corrected chi connectivity index (χ0v) is 13.8. The summed E-state index contributed by atoms with van der Waals surface area (Å²) >= 11 is 3.43. The maximum absolute atomic E-state index is 12.9. The second-order valence-electron chi connectivity index (χ2n) is 5.44. The van der Waals surface area contributed by atoms with Gasteiger partial charge in [-0.3, -0.25) is 4.79 Å². The number of ketones is 1. The second-order valence-corrected chi connectivity index (χ2v) is 6.35. The van der Waals surface area contributed by atoms with Crippen LogP contribution < -0.4 is 19.5 Å². The van der Waals surface area contributed by atoms with Crippen molar-refractivity contribution in [2.24, 2.45) is 0 Å². The molecule has 0 unspecified atom stereocenters. The van der Waals surface area contributed by atoms with Crippen LogP contribution in [0.1, 0.15) is 15.9 Å². The van der Waals surface area contributed by atoms with Crippen LogP contribution in [0.25, 0.3) is 0 Å². The molecule has 23 heavy (non-hydrogen) atoms. The van der Waals surface area contributed by atoms with Gasteiger partial charge in [0.2, 0.25) is 6.79 Å². The third kappa shape index (κ3) is 2.80. The van der Waals surface area contributed by atoms with Gasteiger partial charge in [-0.2, -0.15) is 0 Å². The van der Waals surface area contributed by atoms with Crippen LogP contribution in [0.2, 0.25) is 0 Å². The van der Waals surface area contributed by atoms with Crippen molar-refractivity contribution in [3.8, 4) is 17.2 Å². The number of carbonyl (C=O) groups is 1. The molecule has 6 heteroatoms. The van der Waals surface area contributed by atoms with Crippen LogP contribution in [-0.2, 0) is 0 Å². The number of hydrogen-bond donors (Lipinski definition) is 1. The van der Waals surface area contributed by atoms with Gasteiger partial charge in [0.15, 0.2) is 17.3 Å². The van der Waals surface area contributed by atoms with Gasteiger partial charge in [-0.05, 0) is 36.4 Å². The molecule has 0 amide bonds. The summed E-state index contributed by atoms with van der Waals surface area (Å²) in [7, 11) is 0. The molecule has 0 spiro atoms. The Morgan fingerprint density at radius 3 is 2.74 bits per heavy atom. The van der Waals surface area contributed by atoms with Gasteiger partial charge in [0, 0.05) is 23.1 Å². The summed E-state index contributed by atoms with van der Waals surface area (Å²) < 4.78 is 17.4. The van der Waals surface area contributed by atoms with E-state index in [1.807, 2.05) is 12.1 Å². The minimum absolute atomic E-state index is 0.0990. The van der Waals surface area contributed by atoms with Gasteiger partial charge in [-0.25, -0.2) is 0 Å². The number of rotatable bonds is 4. The molecular formula is C17H14BrNO4. The summed E-state index contributed by atoms with van der Waals surface area (Å²) in [6.45, 7) is 1.78. The van der Waals surface area contributed by atoms with Crippen LogP contribution in [0.4, 0.5) is 0 Å². The van der Waals surface area contributed by atoms with E-state index in [1.165, 1.54) is 0 Å². The van der Waals surface area contributed by atoms with Gasteiger partial charge in [0.05, 0.1) is 5.56 Å². The molecule has 0 atom stereocenters. The maximum atomic E-state index is 12.9. The average Bonchev–Trinajstić information content (AvgIpc) is 2.98. The zero-order chi connectivity index (χ0) is 15.8. The highest BCUT2D eigenvalue weighted by atomic mass is 79.9. The molecule has 1 fully saturated rings. The van der Waals surface area contributed by atoms with Gasteiger partial charge in [-0.15, -0.1) is 0 Å². The fourth-order valence-corrected chi connectivity index (χ4v) is 2.84. The van der Waals surface area contributed by atoms with E-state index >= 15 is 0 Å². The number of hydrogen-bond acceptors (Lipinski definition) is 5. The van der Waals surface area contributed by atoms with Crippen LogP contribution in [0, 0.1) is 0 Å². The van der Waals surface area contributed by atoms with E-state index in [9.17, 15) is 4.79 Å². The van der Waals surface area contributed by atoms with Gasteiger partial charge >= 0.3 is 0 Å². The monoisotopic (exact) mass is 375 g/mol. The minimum atomic E-state index is -0.0990. The van der Waals surface area contributed by atoms with E-state index in [0.717, 1.165) is 17.6 Å². The Hall–Kier alpha value is -2.05. The lowest BCUT2D eigenvalue weighted by atomic mass is 10.0. The van der Waals surface area contributed by atoms with Crippen molar-refractivity contribution in [2.45, 2.75) is 6.10 Å². The van der Waals surface area contributed by atoms with Crippen molar-refractivity contribution in [1.29, 1.82) is 0 Å². The van der Waals surface area contributed by atoms with E-state index in [4.69, 9.17) is 14.2 Å². The fraction of sp³-hybridized carbons (Fsp3) is 0.235. The topological polar surface area (TPSA) is 56.8 Å². The van der Waals surface area contributed by atoms with E-state index in [0.29, 0.717) is 28.4 Å². The highest BCUT2D eigenvalue weighted by molar-refractivity contribution is 9.10. The van der Waals surface area contributed by atoms with Crippen LogP contribution in [0.3, 0.4) is 0 Å². The van der Waals surface area contributed by atoms with Crippen molar-refractivity contribution < 1.29 is 19.0 Å². The first-order chi connectivity index (χ1) is 11.2. The number of nitrogens with one attached hydrogen (secondary N) is 1. The number of fused-ring (bicyclic) bond motifs is 1. The Kier molecular flexibility index (Phi) is 3.71. The van der Waals surface area contributed by atoms with Crippen LogP contribution in [0.5, 0.6) is 17.2 Å². The summed E-state index contributed by atoms with van der Waals surface area (Å²) in [6, 6.07) is 10.7. The number of ether oxygens (including phenoxy) is 3. The Balaban J connectivity index is 1.67. The van der Waals surface area contributed by atoms with Crippen molar-refractivity contribution in [1.82, 2.24) is 5.32 Å². The second kappa shape index (κ2) is 5.86. The maximum Gasteiger partial charge on any atom is 0.231 e. The summed E-state index contributed by atoms with van der Waals surface area (Å²) in [4.78, 5) is 12.9.